The monoisotopic (exact) mass is 339 g/mol. The van der Waals surface area contributed by atoms with Crippen LogP contribution in [-0.2, 0) is 11.2 Å². The molecule has 0 aliphatic rings. The molecule has 0 saturated heterocycles. The standard InChI is InChI=1S/C15H12BrF2NO/c1-9-4-2-7-13(15(9)16)19-14(20)8-10-11(17)5-3-6-12(10)18/h2-7H,8H2,1H3,(H,19,20). The van der Waals surface area contributed by atoms with Gasteiger partial charge in [-0.15, -0.1) is 0 Å². The first-order valence-electron chi connectivity index (χ1n) is 5.97. The van der Waals surface area contributed by atoms with Crippen LogP contribution in [0.2, 0.25) is 0 Å². The molecule has 20 heavy (non-hydrogen) atoms. The van der Waals surface area contributed by atoms with Gasteiger partial charge in [0.05, 0.1) is 12.1 Å². The molecular weight excluding hydrogens is 328 g/mol. The number of hydrogen-bond donors (Lipinski definition) is 1. The number of aryl methyl sites for hydroxylation is 1. The summed E-state index contributed by atoms with van der Waals surface area (Å²) in [5, 5.41) is 2.63. The number of amides is 1. The minimum absolute atomic E-state index is 0.228. The van der Waals surface area contributed by atoms with Crippen LogP contribution in [0.15, 0.2) is 40.9 Å². The van der Waals surface area contributed by atoms with Gasteiger partial charge in [0.25, 0.3) is 0 Å². The van der Waals surface area contributed by atoms with E-state index in [0.717, 1.165) is 22.2 Å². The zero-order valence-electron chi connectivity index (χ0n) is 10.7. The molecule has 0 spiro atoms. The molecule has 2 aromatic rings. The summed E-state index contributed by atoms with van der Waals surface area (Å²) in [6, 6.07) is 8.92. The van der Waals surface area contributed by atoms with Gasteiger partial charge in [0.1, 0.15) is 11.6 Å². The van der Waals surface area contributed by atoms with Crippen molar-refractivity contribution in [3.63, 3.8) is 0 Å². The quantitative estimate of drug-likeness (QED) is 0.891. The molecule has 0 aliphatic carbocycles. The number of anilines is 1. The van der Waals surface area contributed by atoms with Crippen molar-refractivity contribution in [1.29, 1.82) is 0 Å². The van der Waals surface area contributed by atoms with Gasteiger partial charge in [-0.1, -0.05) is 18.2 Å². The first-order chi connectivity index (χ1) is 9.49. The van der Waals surface area contributed by atoms with Crippen LogP contribution in [-0.4, -0.2) is 5.91 Å². The summed E-state index contributed by atoms with van der Waals surface area (Å²) in [5.74, 6) is -1.91. The Hall–Kier alpha value is -1.75. The minimum atomic E-state index is -0.719. The van der Waals surface area contributed by atoms with Gasteiger partial charge in [0.15, 0.2) is 0 Å². The molecule has 0 radical (unpaired) electrons. The third kappa shape index (κ3) is 3.22. The highest BCUT2D eigenvalue weighted by molar-refractivity contribution is 9.10. The van der Waals surface area contributed by atoms with E-state index in [4.69, 9.17) is 0 Å². The van der Waals surface area contributed by atoms with E-state index in [0.29, 0.717) is 5.69 Å². The van der Waals surface area contributed by atoms with E-state index in [9.17, 15) is 13.6 Å². The van der Waals surface area contributed by atoms with Crippen LogP contribution < -0.4 is 5.32 Å². The van der Waals surface area contributed by atoms with E-state index in [-0.39, 0.29) is 12.0 Å². The van der Waals surface area contributed by atoms with Crippen molar-refractivity contribution < 1.29 is 13.6 Å². The first kappa shape index (κ1) is 14.7. The summed E-state index contributed by atoms with van der Waals surface area (Å²) < 4.78 is 27.7. The second kappa shape index (κ2) is 6.13. The fraction of sp³-hybridized carbons (Fsp3) is 0.133. The zero-order valence-corrected chi connectivity index (χ0v) is 12.3. The molecule has 2 rings (SSSR count). The number of rotatable bonds is 3. The molecule has 2 aromatic carbocycles. The Morgan fingerprint density at radius 2 is 1.75 bits per heavy atom. The highest BCUT2D eigenvalue weighted by atomic mass is 79.9. The van der Waals surface area contributed by atoms with Gasteiger partial charge in [-0.2, -0.15) is 0 Å². The lowest BCUT2D eigenvalue weighted by Crippen LogP contribution is -2.16. The van der Waals surface area contributed by atoms with E-state index in [1.165, 1.54) is 6.07 Å². The van der Waals surface area contributed by atoms with Crippen LogP contribution in [0.3, 0.4) is 0 Å². The van der Waals surface area contributed by atoms with Gasteiger partial charge in [0.2, 0.25) is 5.91 Å². The van der Waals surface area contributed by atoms with Crippen molar-refractivity contribution in [3.05, 3.63) is 63.6 Å². The Balaban J connectivity index is 2.16. The van der Waals surface area contributed by atoms with Gasteiger partial charge in [-0.05, 0) is 46.6 Å². The molecule has 0 unspecified atom stereocenters. The molecular formula is C15H12BrF2NO. The average molecular weight is 340 g/mol. The Morgan fingerprint density at radius 1 is 1.15 bits per heavy atom. The second-order valence-corrected chi connectivity index (χ2v) is 5.15. The SMILES string of the molecule is Cc1cccc(NC(=O)Cc2c(F)cccc2F)c1Br. The largest absolute Gasteiger partial charge is 0.325 e. The van der Waals surface area contributed by atoms with Crippen molar-refractivity contribution in [2.24, 2.45) is 0 Å². The van der Waals surface area contributed by atoms with E-state index >= 15 is 0 Å². The molecule has 0 aliphatic heterocycles. The van der Waals surface area contributed by atoms with E-state index in [1.807, 2.05) is 13.0 Å². The van der Waals surface area contributed by atoms with Gasteiger partial charge >= 0.3 is 0 Å². The number of carbonyl (C=O) groups excluding carboxylic acids is 1. The summed E-state index contributed by atoms with van der Waals surface area (Å²) >= 11 is 3.36. The molecule has 0 saturated carbocycles. The predicted octanol–water partition coefficient (Wildman–Crippen LogP) is 4.22. The summed E-state index contributed by atoms with van der Waals surface area (Å²) in [7, 11) is 0. The predicted molar refractivity (Wildman–Crippen MR) is 77.6 cm³/mol. The number of benzene rings is 2. The number of nitrogens with one attached hydrogen (secondary N) is 1. The highest BCUT2D eigenvalue weighted by Crippen LogP contribution is 2.26. The van der Waals surface area contributed by atoms with Crippen LogP contribution in [0.1, 0.15) is 11.1 Å². The molecule has 0 bridgehead atoms. The van der Waals surface area contributed by atoms with Crippen molar-refractivity contribution in [2.45, 2.75) is 13.3 Å². The van der Waals surface area contributed by atoms with Crippen LogP contribution >= 0.6 is 15.9 Å². The lowest BCUT2D eigenvalue weighted by Gasteiger charge is -2.10. The van der Waals surface area contributed by atoms with Crippen LogP contribution in [0.4, 0.5) is 14.5 Å². The number of carbonyl (C=O) groups is 1. The zero-order chi connectivity index (χ0) is 14.7. The third-order valence-corrected chi connectivity index (χ3v) is 3.92. The Labute approximate surface area is 123 Å². The van der Waals surface area contributed by atoms with E-state index in [1.54, 1.807) is 12.1 Å². The maximum absolute atomic E-state index is 13.5. The van der Waals surface area contributed by atoms with Crippen molar-refractivity contribution in [2.75, 3.05) is 5.32 Å². The van der Waals surface area contributed by atoms with Gasteiger partial charge in [-0.3, -0.25) is 4.79 Å². The lowest BCUT2D eigenvalue weighted by molar-refractivity contribution is -0.115. The van der Waals surface area contributed by atoms with Crippen LogP contribution in [0.5, 0.6) is 0 Å². The highest BCUT2D eigenvalue weighted by Gasteiger charge is 2.14. The average Bonchev–Trinajstić information content (AvgIpc) is 2.39. The maximum Gasteiger partial charge on any atom is 0.229 e. The van der Waals surface area contributed by atoms with Crippen LogP contribution in [0, 0.1) is 18.6 Å². The second-order valence-electron chi connectivity index (χ2n) is 4.36. The molecule has 0 aromatic heterocycles. The molecule has 0 atom stereocenters. The lowest BCUT2D eigenvalue weighted by atomic mass is 10.1. The molecule has 2 nitrogen and oxygen atoms in total. The molecule has 104 valence electrons. The first-order valence-corrected chi connectivity index (χ1v) is 6.76. The fourth-order valence-corrected chi connectivity index (χ4v) is 2.16. The van der Waals surface area contributed by atoms with E-state index < -0.39 is 17.5 Å². The van der Waals surface area contributed by atoms with E-state index in [2.05, 4.69) is 21.2 Å². The molecule has 0 fully saturated rings. The van der Waals surface area contributed by atoms with Gasteiger partial charge in [-0.25, -0.2) is 8.78 Å². The topological polar surface area (TPSA) is 29.1 Å². The minimum Gasteiger partial charge on any atom is -0.325 e. The number of halogens is 3. The summed E-state index contributed by atoms with van der Waals surface area (Å²) in [5.41, 5.74) is 1.31. The fourth-order valence-electron chi connectivity index (χ4n) is 1.80. The normalized spacial score (nSPS) is 10.4. The van der Waals surface area contributed by atoms with Gasteiger partial charge in [0, 0.05) is 10.0 Å². The van der Waals surface area contributed by atoms with Crippen molar-refractivity contribution in [1.82, 2.24) is 0 Å². The Morgan fingerprint density at radius 3 is 2.40 bits per heavy atom. The summed E-state index contributed by atoms with van der Waals surface area (Å²) in [6.45, 7) is 1.89. The molecule has 5 heteroatoms. The third-order valence-electron chi connectivity index (χ3n) is 2.86. The Kier molecular flexibility index (Phi) is 4.49. The van der Waals surface area contributed by atoms with Crippen molar-refractivity contribution >= 4 is 27.5 Å². The number of hydrogen-bond acceptors (Lipinski definition) is 1. The molecule has 1 N–H and O–H groups in total. The van der Waals surface area contributed by atoms with Gasteiger partial charge < -0.3 is 5.32 Å². The summed E-state index contributed by atoms with van der Waals surface area (Å²) in [6.07, 6.45) is -0.348. The van der Waals surface area contributed by atoms with Crippen LogP contribution in [0.25, 0.3) is 0 Å². The summed E-state index contributed by atoms with van der Waals surface area (Å²) in [4.78, 5) is 11.9. The van der Waals surface area contributed by atoms with Crippen molar-refractivity contribution in [3.8, 4) is 0 Å². The molecule has 1 amide bonds. The Bertz CT molecular complexity index is 638. The maximum atomic E-state index is 13.5. The molecule has 0 heterocycles. The smallest absolute Gasteiger partial charge is 0.229 e.